The number of nitrogens with zero attached hydrogens (tertiary/aromatic N) is 3. The molecular formula is C16H16N4O2. The van der Waals surface area contributed by atoms with Gasteiger partial charge in [-0.3, -0.25) is 9.48 Å². The van der Waals surface area contributed by atoms with Gasteiger partial charge in [0.2, 0.25) is 0 Å². The average molecular weight is 296 g/mol. The molecule has 22 heavy (non-hydrogen) atoms. The Labute approximate surface area is 127 Å². The molecule has 0 aliphatic rings. The molecule has 0 radical (unpaired) electrons. The van der Waals surface area contributed by atoms with Crippen molar-refractivity contribution >= 4 is 5.91 Å². The highest BCUT2D eigenvalue weighted by Gasteiger charge is 2.14. The quantitative estimate of drug-likeness (QED) is 0.802. The predicted octanol–water partition coefficient (Wildman–Crippen LogP) is 2.31. The van der Waals surface area contributed by atoms with Crippen molar-refractivity contribution in [3.05, 3.63) is 59.5 Å². The maximum atomic E-state index is 12.1. The van der Waals surface area contributed by atoms with Crippen molar-refractivity contribution in [3.63, 3.8) is 0 Å². The summed E-state index contributed by atoms with van der Waals surface area (Å²) in [6, 6.07) is 11.2. The Morgan fingerprint density at radius 3 is 2.77 bits per heavy atom. The average Bonchev–Trinajstić information content (AvgIpc) is 3.15. The van der Waals surface area contributed by atoms with Crippen LogP contribution in [0.15, 0.2) is 47.1 Å². The number of rotatable bonds is 4. The topological polar surface area (TPSA) is 73.0 Å². The monoisotopic (exact) mass is 296 g/mol. The molecule has 0 saturated heterocycles. The maximum absolute atomic E-state index is 12.1. The zero-order valence-electron chi connectivity index (χ0n) is 12.4. The van der Waals surface area contributed by atoms with Crippen LogP contribution >= 0.6 is 0 Å². The lowest BCUT2D eigenvalue weighted by Crippen LogP contribution is -2.23. The molecular weight excluding hydrogens is 280 g/mol. The molecule has 0 bridgehead atoms. The van der Waals surface area contributed by atoms with Crippen molar-refractivity contribution in [2.45, 2.75) is 13.5 Å². The van der Waals surface area contributed by atoms with Crippen LogP contribution < -0.4 is 5.32 Å². The summed E-state index contributed by atoms with van der Waals surface area (Å²) in [4.78, 5) is 12.1. The van der Waals surface area contributed by atoms with Gasteiger partial charge >= 0.3 is 0 Å². The lowest BCUT2D eigenvalue weighted by atomic mass is 10.1. The van der Waals surface area contributed by atoms with Crippen molar-refractivity contribution in [1.29, 1.82) is 0 Å². The van der Waals surface area contributed by atoms with Crippen molar-refractivity contribution in [3.8, 4) is 11.3 Å². The molecule has 0 unspecified atom stereocenters. The predicted molar refractivity (Wildman–Crippen MR) is 81.1 cm³/mol. The van der Waals surface area contributed by atoms with Crippen LogP contribution in [-0.2, 0) is 13.6 Å². The minimum absolute atomic E-state index is 0.264. The number of nitrogens with one attached hydrogen (secondary N) is 1. The third-order valence-corrected chi connectivity index (χ3v) is 3.58. The van der Waals surface area contributed by atoms with Gasteiger partial charge < -0.3 is 9.84 Å². The number of hydrogen-bond donors (Lipinski definition) is 1. The number of amides is 1. The summed E-state index contributed by atoms with van der Waals surface area (Å²) in [6.07, 6.45) is 1.74. The fraction of sp³-hybridized carbons (Fsp3) is 0.188. The van der Waals surface area contributed by atoms with Gasteiger partial charge in [-0.25, -0.2) is 0 Å². The normalized spacial score (nSPS) is 10.6. The van der Waals surface area contributed by atoms with E-state index < -0.39 is 0 Å². The second-order valence-corrected chi connectivity index (χ2v) is 5.00. The molecule has 2 aromatic heterocycles. The van der Waals surface area contributed by atoms with Gasteiger partial charge in [0, 0.05) is 36.5 Å². The van der Waals surface area contributed by atoms with E-state index in [1.807, 2.05) is 44.3 Å². The first-order chi connectivity index (χ1) is 10.6. The summed E-state index contributed by atoms with van der Waals surface area (Å²) in [5, 5.41) is 10.8. The van der Waals surface area contributed by atoms with E-state index in [-0.39, 0.29) is 11.6 Å². The standard InChI is InChI=1S/C16H16N4O2/c1-11-13(10-18-20(11)2)9-17-16(21)14-8-15(22-19-14)12-6-4-3-5-7-12/h3-8,10H,9H2,1-2H3,(H,17,21). The molecule has 6 heteroatoms. The van der Waals surface area contributed by atoms with E-state index >= 15 is 0 Å². The lowest BCUT2D eigenvalue weighted by molar-refractivity contribution is 0.0942. The van der Waals surface area contributed by atoms with E-state index in [1.54, 1.807) is 16.9 Å². The molecule has 112 valence electrons. The first-order valence-electron chi connectivity index (χ1n) is 6.93. The van der Waals surface area contributed by atoms with E-state index in [9.17, 15) is 4.79 Å². The number of carbonyl (C=O) groups is 1. The van der Waals surface area contributed by atoms with Gasteiger partial charge in [0.05, 0.1) is 6.20 Å². The first-order valence-corrected chi connectivity index (χ1v) is 6.93. The van der Waals surface area contributed by atoms with Gasteiger partial charge in [0.25, 0.3) is 5.91 Å². The minimum Gasteiger partial charge on any atom is -0.355 e. The van der Waals surface area contributed by atoms with Crippen molar-refractivity contribution in [2.24, 2.45) is 7.05 Å². The molecule has 3 aromatic rings. The summed E-state index contributed by atoms with van der Waals surface area (Å²) < 4.78 is 6.99. The molecule has 0 saturated carbocycles. The Morgan fingerprint density at radius 1 is 1.32 bits per heavy atom. The molecule has 1 N–H and O–H groups in total. The first kappa shape index (κ1) is 14.1. The largest absolute Gasteiger partial charge is 0.355 e. The highest BCUT2D eigenvalue weighted by molar-refractivity contribution is 5.93. The number of hydrogen-bond acceptors (Lipinski definition) is 4. The van der Waals surface area contributed by atoms with Crippen molar-refractivity contribution in [2.75, 3.05) is 0 Å². The van der Waals surface area contributed by atoms with Crippen LogP contribution in [-0.4, -0.2) is 20.8 Å². The van der Waals surface area contributed by atoms with Crippen LogP contribution in [0.1, 0.15) is 21.7 Å². The third-order valence-electron chi connectivity index (χ3n) is 3.58. The fourth-order valence-corrected chi connectivity index (χ4v) is 2.10. The molecule has 0 aliphatic heterocycles. The number of benzene rings is 1. The van der Waals surface area contributed by atoms with Crippen molar-refractivity contribution < 1.29 is 9.32 Å². The second-order valence-electron chi connectivity index (χ2n) is 5.00. The highest BCUT2D eigenvalue weighted by Crippen LogP contribution is 2.19. The van der Waals surface area contributed by atoms with E-state index in [4.69, 9.17) is 4.52 Å². The number of aryl methyl sites for hydroxylation is 1. The van der Waals surface area contributed by atoms with Gasteiger partial charge in [-0.1, -0.05) is 35.5 Å². The second kappa shape index (κ2) is 5.85. The Morgan fingerprint density at radius 2 is 2.09 bits per heavy atom. The zero-order chi connectivity index (χ0) is 15.5. The zero-order valence-corrected chi connectivity index (χ0v) is 12.4. The smallest absolute Gasteiger partial charge is 0.273 e. The van der Waals surface area contributed by atoms with Crippen LogP contribution in [0.25, 0.3) is 11.3 Å². The highest BCUT2D eigenvalue weighted by atomic mass is 16.5. The fourth-order valence-electron chi connectivity index (χ4n) is 2.10. The molecule has 3 rings (SSSR count). The van der Waals surface area contributed by atoms with E-state index in [0.29, 0.717) is 12.3 Å². The molecule has 2 heterocycles. The van der Waals surface area contributed by atoms with Gasteiger partial charge in [-0.2, -0.15) is 5.10 Å². The van der Waals surface area contributed by atoms with Gasteiger partial charge in [0.15, 0.2) is 11.5 Å². The van der Waals surface area contributed by atoms with Crippen LogP contribution in [0.2, 0.25) is 0 Å². The van der Waals surface area contributed by atoms with Crippen LogP contribution in [0.5, 0.6) is 0 Å². The van der Waals surface area contributed by atoms with E-state index in [2.05, 4.69) is 15.6 Å². The summed E-state index contributed by atoms with van der Waals surface area (Å²) in [5.74, 6) is 0.303. The van der Waals surface area contributed by atoms with Crippen LogP contribution in [0, 0.1) is 6.92 Å². The Hall–Kier alpha value is -2.89. The molecule has 0 spiro atoms. The number of carbonyl (C=O) groups excluding carboxylic acids is 1. The lowest BCUT2D eigenvalue weighted by Gasteiger charge is -2.02. The van der Waals surface area contributed by atoms with E-state index in [1.165, 1.54) is 0 Å². The molecule has 0 fully saturated rings. The minimum atomic E-state index is -0.269. The molecule has 1 amide bonds. The summed E-state index contributed by atoms with van der Waals surface area (Å²) in [6.45, 7) is 2.37. The van der Waals surface area contributed by atoms with Gasteiger partial charge in [-0.15, -0.1) is 0 Å². The molecule has 0 aliphatic carbocycles. The van der Waals surface area contributed by atoms with Gasteiger partial charge in [0.1, 0.15) is 0 Å². The summed E-state index contributed by atoms with van der Waals surface area (Å²) >= 11 is 0. The summed E-state index contributed by atoms with van der Waals surface area (Å²) in [5.41, 5.74) is 3.14. The van der Waals surface area contributed by atoms with Crippen LogP contribution in [0.3, 0.4) is 0 Å². The Balaban J connectivity index is 1.68. The summed E-state index contributed by atoms with van der Waals surface area (Å²) in [7, 11) is 1.87. The molecule has 1 aromatic carbocycles. The molecule has 0 atom stereocenters. The SMILES string of the molecule is Cc1c(CNC(=O)c2cc(-c3ccccc3)on2)cnn1C. The Bertz CT molecular complexity index is 790. The van der Waals surface area contributed by atoms with Crippen LogP contribution in [0.4, 0.5) is 0 Å². The van der Waals surface area contributed by atoms with E-state index in [0.717, 1.165) is 16.8 Å². The Kier molecular flexibility index (Phi) is 3.74. The van der Waals surface area contributed by atoms with Gasteiger partial charge in [-0.05, 0) is 6.92 Å². The maximum Gasteiger partial charge on any atom is 0.273 e. The van der Waals surface area contributed by atoms with Crippen molar-refractivity contribution in [1.82, 2.24) is 20.3 Å². The molecule has 6 nitrogen and oxygen atoms in total. The third kappa shape index (κ3) is 2.76. The number of aromatic nitrogens is 3.